The number of anilines is 1. The third-order valence-corrected chi connectivity index (χ3v) is 1.67. The minimum atomic E-state index is 0. The summed E-state index contributed by atoms with van der Waals surface area (Å²) in [5.41, 5.74) is 13.6. The second-order valence-corrected chi connectivity index (χ2v) is 2.75. The van der Waals surface area contributed by atoms with Gasteiger partial charge in [0.15, 0.2) is 0 Å². The van der Waals surface area contributed by atoms with Gasteiger partial charge in [-0.15, -0.1) is 18.0 Å². The van der Waals surface area contributed by atoms with Gasteiger partial charge in [-0.1, -0.05) is 19.5 Å². The predicted molar refractivity (Wildman–Crippen MR) is 62.5 cm³/mol. The van der Waals surface area contributed by atoms with E-state index in [0.717, 1.165) is 17.9 Å². The predicted octanol–water partition coefficient (Wildman–Crippen LogP) is -0.760. The molecule has 1 aromatic rings. The van der Waals surface area contributed by atoms with Crippen molar-refractivity contribution < 1.29 is 51.4 Å². The van der Waals surface area contributed by atoms with Gasteiger partial charge >= 0.3 is 51.4 Å². The molecule has 4 N–H and O–H groups in total. The maximum absolute atomic E-state index is 5.69. The standard InChI is InChI=1S/C9H14N3.C2H6.K/c1-3-12-5-4-8(11)9(12)6-7(2)10;1-2;/h5-6H,3,10-11H2,1-2H3;1-2H3;/q-1;;+1/b7-6-;;. The summed E-state index contributed by atoms with van der Waals surface area (Å²) in [6, 6.07) is 2.93. The summed E-state index contributed by atoms with van der Waals surface area (Å²) in [6.45, 7) is 8.77. The van der Waals surface area contributed by atoms with Crippen molar-refractivity contribution >= 4 is 11.8 Å². The van der Waals surface area contributed by atoms with E-state index in [4.69, 9.17) is 11.5 Å². The van der Waals surface area contributed by atoms with E-state index >= 15 is 0 Å². The number of aromatic nitrogens is 1. The molecular weight excluding hydrogens is 213 g/mol. The molecule has 0 atom stereocenters. The summed E-state index contributed by atoms with van der Waals surface area (Å²) in [4.78, 5) is 0. The second kappa shape index (κ2) is 9.48. The number of rotatable bonds is 2. The summed E-state index contributed by atoms with van der Waals surface area (Å²) < 4.78 is 2.01. The quantitative estimate of drug-likeness (QED) is 0.521. The normalized spacial score (nSPS) is 10.0. The molecule has 0 saturated carbocycles. The fourth-order valence-electron chi connectivity index (χ4n) is 1.08. The first-order valence-corrected chi connectivity index (χ1v) is 4.95. The third kappa shape index (κ3) is 5.78. The monoisotopic (exact) mass is 233 g/mol. The topological polar surface area (TPSA) is 57.0 Å². The van der Waals surface area contributed by atoms with E-state index in [1.807, 2.05) is 37.6 Å². The molecule has 1 heterocycles. The van der Waals surface area contributed by atoms with Crippen molar-refractivity contribution in [1.29, 1.82) is 0 Å². The van der Waals surface area contributed by atoms with Crippen molar-refractivity contribution in [2.24, 2.45) is 5.73 Å². The van der Waals surface area contributed by atoms with Crippen molar-refractivity contribution in [3.8, 4) is 0 Å². The van der Waals surface area contributed by atoms with Crippen molar-refractivity contribution in [2.45, 2.75) is 34.2 Å². The Balaban J connectivity index is 0. The summed E-state index contributed by atoms with van der Waals surface area (Å²) in [7, 11) is 0. The van der Waals surface area contributed by atoms with Crippen LogP contribution in [0.5, 0.6) is 0 Å². The van der Waals surface area contributed by atoms with Crippen LogP contribution in [-0.4, -0.2) is 4.57 Å². The van der Waals surface area contributed by atoms with Gasteiger partial charge < -0.3 is 16.0 Å². The first-order chi connectivity index (χ1) is 6.65. The molecule has 0 aromatic carbocycles. The summed E-state index contributed by atoms with van der Waals surface area (Å²) in [5, 5.41) is 0. The Labute approximate surface area is 135 Å². The number of nitrogens with zero attached hydrogens (tertiary/aromatic N) is 1. The van der Waals surface area contributed by atoms with Crippen LogP contribution >= 0.6 is 0 Å². The van der Waals surface area contributed by atoms with E-state index in [2.05, 4.69) is 13.0 Å². The molecule has 0 fully saturated rings. The molecule has 0 spiro atoms. The molecule has 80 valence electrons. The number of hydrogen-bond acceptors (Lipinski definition) is 2. The summed E-state index contributed by atoms with van der Waals surface area (Å²) in [6.07, 6.45) is 3.69. The summed E-state index contributed by atoms with van der Waals surface area (Å²) in [5.74, 6) is 0. The van der Waals surface area contributed by atoms with Crippen LogP contribution in [0.3, 0.4) is 0 Å². The Morgan fingerprint density at radius 3 is 2.47 bits per heavy atom. The van der Waals surface area contributed by atoms with Crippen LogP contribution in [0.1, 0.15) is 33.4 Å². The summed E-state index contributed by atoms with van der Waals surface area (Å²) >= 11 is 0. The van der Waals surface area contributed by atoms with E-state index in [0.29, 0.717) is 5.69 Å². The molecule has 4 heteroatoms. The van der Waals surface area contributed by atoms with E-state index < -0.39 is 0 Å². The van der Waals surface area contributed by atoms with E-state index in [1.165, 1.54) is 0 Å². The first kappa shape index (κ1) is 17.6. The van der Waals surface area contributed by atoms with E-state index in [-0.39, 0.29) is 51.4 Å². The van der Waals surface area contributed by atoms with Gasteiger partial charge in [0.05, 0.1) is 0 Å². The largest absolute Gasteiger partial charge is 1.00 e. The molecule has 1 rings (SSSR count). The zero-order valence-corrected chi connectivity index (χ0v) is 13.6. The number of hydrogen-bond donors (Lipinski definition) is 2. The van der Waals surface area contributed by atoms with Gasteiger partial charge in [0.25, 0.3) is 0 Å². The minimum absolute atomic E-state index is 0. The SMILES string of the molecule is CC.CCn1c[c-]c(N)c1/C=C(/C)N.[K+]. The van der Waals surface area contributed by atoms with Gasteiger partial charge in [-0.2, -0.15) is 0 Å². The molecule has 0 saturated heterocycles. The molecular formula is C11H20KN3. The Kier molecular flexibility index (Phi) is 11.2. The maximum Gasteiger partial charge on any atom is 1.00 e. The minimum Gasteiger partial charge on any atom is -0.440 e. The Hall–Kier alpha value is 0.256. The van der Waals surface area contributed by atoms with Gasteiger partial charge in [-0.3, -0.25) is 0 Å². The molecule has 0 aliphatic heterocycles. The fourth-order valence-corrected chi connectivity index (χ4v) is 1.08. The molecule has 0 amide bonds. The first-order valence-electron chi connectivity index (χ1n) is 4.95. The number of aryl methyl sites for hydroxylation is 1. The van der Waals surface area contributed by atoms with Crippen molar-refractivity contribution in [1.82, 2.24) is 4.57 Å². The molecule has 3 nitrogen and oxygen atoms in total. The number of allylic oxidation sites excluding steroid dienone is 1. The Bertz CT molecular complexity index is 299. The maximum atomic E-state index is 5.69. The molecule has 0 radical (unpaired) electrons. The van der Waals surface area contributed by atoms with Crippen LogP contribution in [0.25, 0.3) is 6.08 Å². The Morgan fingerprint density at radius 2 is 2.07 bits per heavy atom. The van der Waals surface area contributed by atoms with Crippen molar-refractivity contribution in [3.63, 3.8) is 0 Å². The third-order valence-electron chi connectivity index (χ3n) is 1.67. The van der Waals surface area contributed by atoms with Crippen LogP contribution in [-0.2, 0) is 6.54 Å². The van der Waals surface area contributed by atoms with Gasteiger partial charge in [0.2, 0.25) is 0 Å². The van der Waals surface area contributed by atoms with Crippen LogP contribution in [0.2, 0.25) is 0 Å². The smallest absolute Gasteiger partial charge is 0.440 e. The van der Waals surface area contributed by atoms with Crippen LogP contribution in [0.4, 0.5) is 5.69 Å². The fraction of sp³-hybridized carbons (Fsp3) is 0.455. The van der Waals surface area contributed by atoms with Gasteiger partial charge in [-0.25, -0.2) is 6.07 Å². The van der Waals surface area contributed by atoms with Gasteiger partial charge in [0.1, 0.15) is 0 Å². The molecule has 1 aromatic heterocycles. The van der Waals surface area contributed by atoms with Crippen molar-refractivity contribution in [3.05, 3.63) is 23.7 Å². The molecule has 0 bridgehead atoms. The average molecular weight is 233 g/mol. The van der Waals surface area contributed by atoms with Crippen molar-refractivity contribution in [2.75, 3.05) is 5.73 Å². The zero-order valence-electron chi connectivity index (χ0n) is 10.5. The molecule has 0 unspecified atom stereocenters. The van der Waals surface area contributed by atoms with E-state index in [1.54, 1.807) is 0 Å². The average Bonchev–Trinajstić information content (AvgIpc) is 2.51. The van der Waals surface area contributed by atoms with Crippen LogP contribution in [0, 0.1) is 6.07 Å². The zero-order chi connectivity index (χ0) is 11.1. The van der Waals surface area contributed by atoms with Crippen LogP contribution in [0.15, 0.2) is 11.9 Å². The van der Waals surface area contributed by atoms with Crippen LogP contribution < -0.4 is 62.9 Å². The number of nitrogens with two attached hydrogens (primary N) is 2. The van der Waals surface area contributed by atoms with Gasteiger partial charge in [0, 0.05) is 6.54 Å². The number of nitrogen functional groups attached to an aromatic ring is 1. The molecule has 0 aliphatic carbocycles. The Morgan fingerprint density at radius 1 is 1.53 bits per heavy atom. The van der Waals surface area contributed by atoms with Gasteiger partial charge in [-0.05, 0) is 19.5 Å². The van der Waals surface area contributed by atoms with E-state index in [9.17, 15) is 0 Å². The molecule has 0 aliphatic rings. The molecule has 15 heavy (non-hydrogen) atoms. The second-order valence-electron chi connectivity index (χ2n) is 2.75.